The summed E-state index contributed by atoms with van der Waals surface area (Å²) in [6.07, 6.45) is 1.92. The molecular formula is C17H19N2O3+. The van der Waals surface area contributed by atoms with Gasteiger partial charge in [-0.2, -0.15) is 4.57 Å². The van der Waals surface area contributed by atoms with E-state index in [2.05, 4.69) is 4.98 Å². The average Bonchev–Trinajstić information content (AvgIpc) is 2.88. The number of nitrogens with one attached hydrogen (secondary N) is 1. The molecule has 0 atom stereocenters. The van der Waals surface area contributed by atoms with Crippen molar-refractivity contribution in [2.45, 2.75) is 20.4 Å². The van der Waals surface area contributed by atoms with Crippen LogP contribution in [0.2, 0.25) is 0 Å². The Morgan fingerprint density at radius 3 is 2.82 bits per heavy atom. The van der Waals surface area contributed by atoms with Gasteiger partial charge in [0.15, 0.2) is 6.20 Å². The fraction of sp³-hybridized carbons (Fsp3) is 0.294. The highest BCUT2D eigenvalue weighted by atomic mass is 16.5. The largest absolute Gasteiger partial charge is 0.497 e. The smallest absolute Gasteiger partial charge is 0.372 e. The van der Waals surface area contributed by atoms with Crippen LogP contribution in [0, 0.1) is 6.92 Å². The van der Waals surface area contributed by atoms with E-state index < -0.39 is 0 Å². The molecular weight excluding hydrogens is 280 g/mol. The standard InChI is InChI=1S/C17H18N2O3/c1-4-22-16(20)10-19-8-7-14-13-6-5-12(21-3)9-15(13)18-17(14)11(19)2/h5-9H,4,10H2,1-3H3/p+1. The van der Waals surface area contributed by atoms with Gasteiger partial charge in [-0.05, 0) is 19.1 Å². The van der Waals surface area contributed by atoms with Crippen LogP contribution in [0.3, 0.4) is 0 Å². The summed E-state index contributed by atoms with van der Waals surface area (Å²) in [7, 11) is 1.66. The average molecular weight is 299 g/mol. The number of fused-ring (bicyclic) bond motifs is 3. The van der Waals surface area contributed by atoms with Gasteiger partial charge in [0, 0.05) is 29.8 Å². The van der Waals surface area contributed by atoms with Crippen molar-refractivity contribution in [2.75, 3.05) is 13.7 Å². The molecule has 0 amide bonds. The third kappa shape index (κ3) is 2.39. The van der Waals surface area contributed by atoms with Gasteiger partial charge in [-0.1, -0.05) is 0 Å². The number of carbonyl (C=O) groups excluding carboxylic acids is 1. The summed E-state index contributed by atoms with van der Waals surface area (Å²) in [4.78, 5) is 15.1. The molecule has 5 heteroatoms. The Morgan fingerprint density at radius 2 is 2.09 bits per heavy atom. The van der Waals surface area contributed by atoms with Gasteiger partial charge in [0.05, 0.1) is 19.2 Å². The zero-order valence-electron chi connectivity index (χ0n) is 13.0. The van der Waals surface area contributed by atoms with Gasteiger partial charge in [-0.15, -0.1) is 0 Å². The predicted octanol–water partition coefficient (Wildman–Crippen LogP) is 2.49. The van der Waals surface area contributed by atoms with Crippen molar-refractivity contribution in [1.82, 2.24) is 4.98 Å². The van der Waals surface area contributed by atoms with E-state index in [9.17, 15) is 4.79 Å². The number of aryl methyl sites for hydroxylation is 1. The van der Waals surface area contributed by atoms with E-state index in [0.717, 1.165) is 33.2 Å². The highest BCUT2D eigenvalue weighted by Gasteiger charge is 2.18. The van der Waals surface area contributed by atoms with Crippen LogP contribution in [0.15, 0.2) is 30.5 Å². The number of ether oxygens (including phenoxy) is 2. The van der Waals surface area contributed by atoms with Crippen LogP contribution in [0.25, 0.3) is 21.8 Å². The van der Waals surface area contributed by atoms with Gasteiger partial charge in [-0.3, -0.25) is 0 Å². The van der Waals surface area contributed by atoms with Crippen LogP contribution in [-0.4, -0.2) is 24.7 Å². The second kappa shape index (κ2) is 5.67. The molecule has 0 bridgehead atoms. The second-order valence-corrected chi connectivity index (χ2v) is 5.16. The number of pyridine rings is 1. The zero-order chi connectivity index (χ0) is 15.7. The summed E-state index contributed by atoms with van der Waals surface area (Å²) in [5.41, 5.74) is 3.04. The lowest BCUT2D eigenvalue weighted by atomic mass is 10.1. The number of H-pyrrole nitrogens is 1. The third-order valence-corrected chi connectivity index (χ3v) is 3.86. The molecule has 3 aromatic rings. The van der Waals surface area contributed by atoms with E-state index in [1.54, 1.807) is 7.11 Å². The molecule has 0 aliphatic heterocycles. The molecule has 2 heterocycles. The first-order valence-electron chi connectivity index (χ1n) is 7.28. The van der Waals surface area contributed by atoms with Crippen LogP contribution in [0.5, 0.6) is 5.75 Å². The number of carbonyl (C=O) groups is 1. The predicted molar refractivity (Wildman–Crippen MR) is 83.9 cm³/mol. The Hall–Kier alpha value is -2.56. The normalized spacial score (nSPS) is 11.0. The fourth-order valence-electron chi connectivity index (χ4n) is 2.72. The van der Waals surface area contributed by atoms with Crippen LogP contribution >= 0.6 is 0 Å². The van der Waals surface area contributed by atoms with Crippen molar-refractivity contribution in [3.63, 3.8) is 0 Å². The SMILES string of the molecule is CCOC(=O)C[n+]1ccc2c([nH]c3cc(OC)ccc32)c1C. The lowest BCUT2D eigenvalue weighted by Crippen LogP contribution is -2.41. The Bertz CT molecular complexity index is 852. The van der Waals surface area contributed by atoms with Crippen LogP contribution in [0.4, 0.5) is 0 Å². The van der Waals surface area contributed by atoms with Crippen molar-refractivity contribution in [3.8, 4) is 5.75 Å². The van der Waals surface area contributed by atoms with Crippen molar-refractivity contribution in [2.24, 2.45) is 0 Å². The number of esters is 1. The summed E-state index contributed by atoms with van der Waals surface area (Å²) in [5.74, 6) is 0.587. The summed E-state index contributed by atoms with van der Waals surface area (Å²) in [6.45, 7) is 4.42. The number of hydrogen-bond donors (Lipinski definition) is 1. The minimum Gasteiger partial charge on any atom is -0.497 e. The van der Waals surface area contributed by atoms with E-state index in [-0.39, 0.29) is 12.5 Å². The molecule has 0 saturated carbocycles. The molecule has 2 aromatic heterocycles. The summed E-state index contributed by atoms with van der Waals surface area (Å²) < 4.78 is 12.2. The maximum absolute atomic E-state index is 11.7. The first kappa shape index (κ1) is 14.4. The highest BCUT2D eigenvalue weighted by Crippen LogP contribution is 2.28. The van der Waals surface area contributed by atoms with Gasteiger partial charge in [0.2, 0.25) is 12.2 Å². The number of benzene rings is 1. The Morgan fingerprint density at radius 1 is 1.27 bits per heavy atom. The molecule has 1 N–H and O–H groups in total. The Kier molecular flexibility index (Phi) is 3.71. The van der Waals surface area contributed by atoms with Crippen molar-refractivity contribution < 1.29 is 18.8 Å². The molecule has 1 aromatic carbocycles. The molecule has 5 nitrogen and oxygen atoms in total. The molecule has 114 valence electrons. The van der Waals surface area contributed by atoms with Crippen molar-refractivity contribution >= 4 is 27.8 Å². The molecule has 22 heavy (non-hydrogen) atoms. The minimum atomic E-state index is -0.229. The van der Waals surface area contributed by atoms with Crippen LogP contribution in [0.1, 0.15) is 12.6 Å². The molecule has 0 spiro atoms. The zero-order valence-corrected chi connectivity index (χ0v) is 13.0. The topological polar surface area (TPSA) is 55.2 Å². The molecule has 0 fully saturated rings. The van der Waals surface area contributed by atoms with Crippen LogP contribution in [-0.2, 0) is 16.1 Å². The Labute approximate surface area is 128 Å². The minimum absolute atomic E-state index is 0.217. The van der Waals surface area contributed by atoms with Gasteiger partial charge in [0.1, 0.15) is 11.3 Å². The van der Waals surface area contributed by atoms with E-state index in [1.807, 2.05) is 48.9 Å². The van der Waals surface area contributed by atoms with Crippen molar-refractivity contribution in [1.29, 1.82) is 0 Å². The van der Waals surface area contributed by atoms with E-state index >= 15 is 0 Å². The lowest BCUT2D eigenvalue weighted by Gasteiger charge is -2.02. The third-order valence-electron chi connectivity index (χ3n) is 3.86. The van der Waals surface area contributed by atoms with Crippen LogP contribution < -0.4 is 9.30 Å². The lowest BCUT2D eigenvalue weighted by molar-refractivity contribution is -0.690. The monoisotopic (exact) mass is 299 g/mol. The Balaban J connectivity index is 2.10. The number of aromatic nitrogens is 2. The van der Waals surface area contributed by atoms with Gasteiger partial charge < -0.3 is 14.5 Å². The summed E-state index contributed by atoms with van der Waals surface area (Å²) >= 11 is 0. The maximum Gasteiger partial charge on any atom is 0.372 e. The highest BCUT2D eigenvalue weighted by molar-refractivity contribution is 6.07. The molecule has 0 unspecified atom stereocenters. The quantitative estimate of drug-likeness (QED) is 0.595. The molecule has 0 aliphatic rings. The number of hydrogen-bond acceptors (Lipinski definition) is 3. The molecule has 0 saturated heterocycles. The summed E-state index contributed by atoms with van der Waals surface area (Å²) in [6, 6.07) is 7.99. The van der Waals surface area contributed by atoms with E-state index in [0.29, 0.717) is 6.61 Å². The van der Waals surface area contributed by atoms with Gasteiger partial charge >= 0.3 is 5.97 Å². The fourth-order valence-corrected chi connectivity index (χ4v) is 2.72. The number of nitrogens with zero attached hydrogens (tertiary/aromatic N) is 1. The van der Waals surface area contributed by atoms with Gasteiger partial charge in [0.25, 0.3) is 0 Å². The summed E-state index contributed by atoms with van der Waals surface area (Å²) in [5, 5.41) is 2.28. The number of methoxy groups -OCH3 is 1. The molecule has 3 rings (SSSR count). The number of aromatic amines is 1. The molecule has 0 aliphatic carbocycles. The maximum atomic E-state index is 11.7. The molecule has 0 radical (unpaired) electrons. The van der Waals surface area contributed by atoms with E-state index in [4.69, 9.17) is 9.47 Å². The van der Waals surface area contributed by atoms with Gasteiger partial charge in [-0.25, -0.2) is 4.79 Å². The first-order chi connectivity index (χ1) is 10.6. The second-order valence-electron chi connectivity index (χ2n) is 5.16. The van der Waals surface area contributed by atoms with Crippen molar-refractivity contribution in [3.05, 3.63) is 36.2 Å². The number of rotatable bonds is 4. The first-order valence-corrected chi connectivity index (χ1v) is 7.28. The van der Waals surface area contributed by atoms with E-state index in [1.165, 1.54) is 0 Å².